The van der Waals surface area contributed by atoms with Crippen molar-refractivity contribution in [3.8, 4) is 0 Å². The molecule has 4 nitrogen and oxygen atoms in total. The summed E-state index contributed by atoms with van der Waals surface area (Å²) >= 11 is 0. The molecule has 1 aromatic heterocycles. The Kier molecular flexibility index (Phi) is 6.82. The van der Waals surface area contributed by atoms with Gasteiger partial charge in [0.25, 0.3) is 0 Å². The lowest BCUT2D eigenvalue weighted by Crippen LogP contribution is -2.42. The summed E-state index contributed by atoms with van der Waals surface area (Å²) in [6.07, 6.45) is 6.63. The summed E-state index contributed by atoms with van der Waals surface area (Å²) in [6.45, 7) is 9.04. The number of nitrogen functional groups attached to an aromatic ring is 1. The molecule has 130 valence electrons. The van der Waals surface area contributed by atoms with Crippen LogP contribution in [0, 0.1) is 11.3 Å². The minimum Gasteiger partial charge on any atom is -0.400 e. The molecule has 1 aliphatic carbocycles. The first kappa shape index (κ1) is 18.6. The van der Waals surface area contributed by atoms with Crippen molar-refractivity contribution in [3.63, 3.8) is 0 Å². The van der Waals surface area contributed by atoms with Crippen LogP contribution in [0.2, 0.25) is 13.1 Å². The number of nitrogens with zero attached hydrogens (tertiary/aromatic N) is 1. The van der Waals surface area contributed by atoms with Crippen LogP contribution >= 0.6 is 0 Å². The van der Waals surface area contributed by atoms with Crippen LogP contribution in [-0.2, 0) is 8.85 Å². The number of hydrogen-bond donors (Lipinski definition) is 1. The Morgan fingerprint density at radius 2 is 1.74 bits per heavy atom. The molecule has 0 saturated heterocycles. The number of rotatable bonds is 7. The SMILES string of the molecule is C[SiH2]OC(O[SiH2]C)C(C)(C)C1CCC(c2ccc(N)cn2)CC1. The second-order valence-electron chi connectivity index (χ2n) is 7.13. The van der Waals surface area contributed by atoms with Crippen LogP contribution in [0.15, 0.2) is 18.3 Å². The maximum atomic E-state index is 6.05. The average Bonchev–Trinajstić information content (AvgIpc) is 2.55. The van der Waals surface area contributed by atoms with E-state index in [0.717, 1.165) is 5.69 Å². The van der Waals surface area contributed by atoms with E-state index in [1.165, 1.54) is 31.4 Å². The number of nitrogens with two attached hydrogens (primary N) is 1. The van der Waals surface area contributed by atoms with Gasteiger partial charge in [-0.2, -0.15) is 0 Å². The lowest BCUT2D eigenvalue weighted by atomic mass is 9.68. The second-order valence-corrected chi connectivity index (χ2v) is 8.95. The van der Waals surface area contributed by atoms with Gasteiger partial charge in [-0.05, 0) is 43.7 Å². The van der Waals surface area contributed by atoms with E-state index < -0.39 is 19.5 Å². The smallest absolute Gasteiger partial charge is 0.161 e. The van der Waals surface area contributed by atoms with Gasteiger partial charge in [-0.3, -0.25) is 4.98 Å². The zero-order valence-electron chi connectivity index (χ0n) is 15.0. The fourth-order valence-electron chi connectivity index (χ4n) is 3.76. The highest BCUT2D eigenvalue weighted by molar-refractivity contribution is 6.26. The first-order valence-electron chi connectivity index (χ1n) is 8.93. The molecule has 1 aromatic rings. The van der Waals surface area contributed by atoms with E-state index in [1.54, 1.807) is 6.20 Å². The normalized spacial score (nSPS) is 24.7. The van der Waals surface area contributed by atoms with E-state index in [2.05, 4.69) is 38.0 Å². The van der Waals surface area contributed by atoms with Crippen molar-refractivity contribution in [1.82, 2.24) is 4.98 Å². The summed E-state index contributed by atoms with van der Waals surface area (Å²) in [7, 11) is -0.900. The highest BCUT2D eigenvalue weighted by atomic mass is 28.2. The fourth-order valence-corrected chi connectivity index (χ4v) is 5.61. The van der Waals surface area contributed by atoms with Gasteiger partial charge < -0.3 is 14.6 Å². The molecule has 1 fully saturated rings. The van der Waals surface area contributed by atoms with Gasteiger partial charge >= 0.3 is 0 Å². The van der Waals surface area contributed by atoms with Crippen LogP contribution in [0.5, 0.6) is 0 Å². The van der Waals surface area contributed by atoms with Crippen molar-refractivity contribution in [2.45, 2.75) is 64.8 Å². The maximum absolute atomic E-state index is 6.05. The number of hydrogen-bond acceptors (Lipinski definition) is 4. The molecule has 1 saturated carbocycles. The van der Waals surface area contributed by atoms with E-state index in [9.17, 15) is 0 Å². The molecular formula is C17H32N2O2Si2. The van der Waals surface area contributed by atoms with Gasteiger partial charge in [-0.15, -0.1) is 0 Å². The highest BCUT2D eigenvalue weighted by Gasteiger charge is 2.40. The van der Waals surface area contributed by atoms with Crippen LogP contribution in [0.3, 0.4) is 0 Å². The molecule has 1 aliphatic rings. The Morgan fingerprint density at radius 3 is 2.22 bits per heavy atom. The zero-order valence-corrected chi connectivity index (χ0v) is 17.9. The summed E-state index contributed by atoms with van der Waals surface area (Å²) in [5.41, 5.74) is 7.78. The van der Waals surface area contributed by atoms with E-state index in [1.807, 2.05) is 6.07 Å². The molecule has 0 aromatic carbocycles. The number of anilines is 1. The molecule has 0 amide bonds. The molecule has 0 aliphatic heterocycles. The highest BCUT2D eigenvalue weighted by Crippen LogP contribution is 2.45. The summed E-state index contributed by atoms with van der Waals surface area (Å²) in [5, 5.41) is 0. The van der Waals surface area contributed by atoms with Crippen molar-refractivity contribution in [2.75, 3.05) is 5.73 Å². The van der Waals surface area contributed by atoms with E-state index in [0.29, 0.717) is 11.8 Å². The van der Waals surface area contributed by atoms with Gasteiger partial charge in [0, 0.05) is 17.0 Å². The van der Waals surface area contributed by atoms with Crippen molar-refractivity contribution in [3.05, 3.63) is 24.0 Å². The molecule has 0 unspecified atom stereocenters. The van der Waals surface area contributed by atoms with Gasteiger partial charge in [0.2, 0.25) is 0 Å². The van der Waals surface area contributed by atoms with E-state index in [4.69, 9.17) is 14.6 Å². The average molecular weight is 353 g/mol. The largest absolute Gasteiger partial charge is 0.400 e. The van der Waals surface area contributed by atoms with Gasteiger partial charge in [-0.1, -0.05) is 26.9 Å². The monoisotopic (exact) mass is 352 g/mol. The lowest BCUT2D eigenvalue weighted by Gasteiger charge is -2.43. The van der Waals surface area contributed by atoms with Crippen LogP contribution in [0.4, 0.5) is 5.69 Å². The quantitative estimate of drug-likeness (QED) is 0.605. The molecule has 1 heterocycles. The summed E-state index contributed by atoms with van der Waals surface area (Å²) in [6, 6.07) is 4.06. The molecule has 2 rings (SSSR count). The minimum atomic E-state index is -0.450. The molecule has 23 heavy (non-hydrogen) atoms. The first-order valence-corrected chi connectivity index (χ1v) is 12.9. The molecule has 0 radical (unpaired) electrons. The van der Waals surface area contributed by atoms with Crippen LogP contribution < -0.4 is 5.73 Å². The Bertz CT molecular complexity index is 468. The second kappa shape index (κ2) is 8.42. The van der Waals surface area contributed by atoms with Gasteiger partial charge in [0.1, 0.15) is 6.29 Å². The zero-order chi connectivity index (χ0) is 16.9. The maximum Gasteiger partial charge on any atom is 0.161 e. The van der Waals surface area contributed by atoms with E-state index in [-0.39, 0.29) is 11.7 Å². The Hall–Kier alpha value is -0.696. The Labute approximate surface area is 145 Å². The Balaban J connectivity index is 1.97. The van der Waals surface area contributed by atoms with Gasteiger partial charge in [0.05, 0.1) is 11.9 Å². The molecule has 6 heteroatoms. The standard InChI is InChI=1S/C17H32N2O2Si2/c1-17(2,16(20-22-3)21-23-4)13-7-5-12(6-8-13)15-10-9-14(18)11-19-15/h9-13,16H,5-8,18,22-23H2,1-4H3. The van der Waals surface area contributed by atoms with Crippen LogP contribution in [0.25, 0.3) is 0 Å². The van der Waals surface area contributed by atoms with Crippen LogP contribution in [-0.4, -0.2) is 30.8 Å². The summed E-state index contributed by atoms with van der Waals surface area (Å²) < 4.78 is 12.1. The lowest BCUT2D eigenvalue weighted by molar-refractivity contribution is -0.111. The first-order chi connectivity index (χ1) is 11.0. The molecule has 0 spiro atoms. The van der Waals surface area contributed by atoms with Crippen molar-refractivity contribution < 1.29 is 8.85 Å². The fraction of sp³-hybridized carbons (Fsp3) is 0.706. The van der Waals surface area contributed by atoms with Gasteiger partial charge in [0.15, 0.2) is 19.5 Å². The Morgan fingerprint density at radius 1 is 1.13 bits per heavy atom. The third-order valence-corrected chi connectivity index (χ3v) is 6.52. The third kappa shape index (κ3) is 4.65. The summed E-state index contributed by atoms with van der Waals surface area (Å²) in [5.74, 6) is 1.24. The van der Waals surface area contributed by atoms with Gasteiger partial charge in [-0.25, -0.2) is 0 Å². The summed E-state index contributed by atoms with van der Waals surface area (Å²) in [4.78, 5) is 4.52. The molecular weight excluding hydrogens is 320 g/mol. The molecule has 0 atom stereocenters. The van der Waals surface area contributed by atoms with Crippen molar-refractivity contribution >= 4 is 25.2 Å². The van der Waals surface area contributed by atoms with Crippen LogP contribution in [0.1, 0.15) is 51.1 Å². The topological polar surface area (TPSA) is 57.4 Å². The molecule has 0 bridgehead atoms. The van der Waals surface area contributed by atoms with Crippen molar-refractivity contribution in [2.24, 2.45) is 11.3 Å². The molecule has 2 N–H and O–H groups in total. The van der Waals surface area contributed by atoms with Crippen molar-refractivity contribution in [1.29, 1.82) is 0 Å². The minimum absolute atomic E-state index is 0.00651. The number of aromatic nitrogens is 1. The predicted octanol–water partition coefficient (Wildman–Crippen LogP) is 2.59. The number of pyridine rings is 1. The van der Waals surface area contributed by atoms with E-state index >= 15 is 0 Å². The third-order valence-electron chi connectivity index (χ3n) is 5.25. The predicted molar refractivity (Wildman–Crippen MR) is 102 cm³/mol.